The molecule has 2 bridgehead atoms. The minimum atomic E-state index is -1.04. The van der Waals surface area contributed by atoms with Gasteiger partial charge >= 0.3 is 6.03 Å². The monoisotopic (exact) mass is 353 g/mol. The molecule has 4 atom stereocenters. The average Bonchev–Trinajstić information content (AvgIpc) is 3.25. The second-order valence-corrected chi connectivity index (χ2v) is 7.48. The van der Waals surface area contributed by atoms with Crippen molar-refractivity contribution in [3.63, 3.8) is 0 Å². The maximum atomic E-state index is 12.9. The number of hydrogen-bond acceptors (Lipinski definition) is 4. The molecule has 0 aromatic heterocycles. The van der Waals surface area contributed by atoms with Crippen LogP contribution in [0.3, 0.4) is 0 Å². The molecule has 26 heavy (non-hydrogen) atoms. The van der Waals surface area contributed by atoms with Gasteiger partial charge in [0.2, 0.25) is 11.8 Å². The molecule has 136 valence electrons. The molecule has 1 aliphatic heterocycles. The Labute approximate surface area is 152 Å². The van der Waals surface area contributed by atoms with Crippen LogP contribution in [0.5, 0.6) is 0 Å². The second kappa shape index (κ2) is 6.67. The summed E-state index contributed by atoms with van der Waals surface area (Å²) in [6.45, 7) is 2.03. The molecule has 2 aliphatic carbocycles. The van der Waals surface area contributed by atoms with Crippen molar-refractivity contribution >= 4 is 29.7 Å². The first-order chi connectivity index (χ1) is 12.6. The summed E-state index contributed by atoms with van der Waals surface area (Å²) in [5.41, 5.74) is 1.80. The van der Waals surface area contributed by atoms with Gasteiger partial charge in [-0.15, -0.1) is 0 Å². The highest BCUT2D eigenvalue weighted by molar-refractivity contribution is 6.23. The summed E-state index contributed by atoms with van der Waals surface area (Å²) in [5.74, 6) is -1.09. The summed E-state index contributed by atoms with van der Waals surface area (Å²) in [6.07, 6.45) is 6.39. The van der Waals surface area contributed by atoms with Crippen molar-refractivity contribution in [1.29, 1.82) is 0 Å². The predicted molar refractivity (Wildman–Crippen MR) is 97.1 cm³/mol. The van der Waals surface area contributed by atoms with Crippen LogP contribution < -0.4 is 5.32 Å². The first-order valence-corrected chi connectivity index (χ1v) is 9.38. The van der Waals surface area contributed by atoms with Crippen LogP contribution in [0.15, 0.2) is 29.3 Å². The summed E-state index contributed by atoms with van der Waals surface area (Å²) in [7, 11) is 0. The topological polar surface area (TPSA) is 78.8 Å². The fourth-order valence-electron chi connectivity index (χ4n) is 4.67. The van der Waals surface area contributed by atoms with E-state index in [0.29, 0.717) is 11.8 Å². The van der Waals surface area contributed by atoms with E-state index < -0.39 is 23.8 Å². The maximum absolute atomic E-state index is 12.9. The molecule has 1 aromatic carbocycles. The quantitative estimate of drug-likeness (QED) is 0.668. The molecule has 3 aliphatic rings. The van der Waals surface area contributed by atoms with E-state index in [4.69, 9.17) is 0 Å². The zero-order valence-corrected chi connectivity index (χ0v) is 14.9. The van der Waals surface area contributed by atoms with Crippen molar-refractivity contribution < 1.29 is 14.4 Å². The molecule has 0 unspecified atom stereocenters. The Morgan fingerprint density at radius 2 is 2.00 bits per heavy atom. The van der Waals surface area contributed by atoms with Gasteiger partial charge in [0.1, 0.15) is 0 Å². The Kier molecular flexibility index (Phi) is 4.34. The second-order valence-electron chi connectivity index (χ2n) is 7.48. The number of amides is 4. The van der Waals surface area contributed by atoms with E-state index in [-0.39, 0.29) is 6.04 Å². The van der Waals surface area contributed by atoms with E-state index >= 15 is 0 Å². The Morgan fingerprint density at radius 1 is 1.19 bits per heavy atom. The first-order valence-electron chi connectivity index (χ1n) is 9.38. The van der Waals surface area contributed by atoms with Crippen molar-refractivity contribution in [2.24, 2.45) is 22.7 Å². The first kappa shape index (κ1) is 16.9. The number of barbiturate groups is 1. The number of urea groups is 1. The smallest absolute Gasteiger partial charge is 0.277 e. The Bertz CT molecular complexity index is 788. The lowest BCUT2D eigenvalue weighted by atomic mass is 9.92. The zero-order chi connectivity index (χ0) is 18.3. The van der Waals surface area contributed by atoms with Gasteiger partial charge in [0.25, 0.3) is 0 Å². The molecule has 0 spiro atoms. The number of hydrogen-bond donors (Lipinski definition) is 1. The van der Waals surface area contributed by atoms with E-state index in [9.17, 15) is 14.4 Å². The SMILES string of the molecule is CCc1ccccc1N=C[C@H]1C(=O)NC(=O)N([C@@H]2C[C@H]3CC[C@H]2C3)C1=O. The van der Waals surface area contributed by atoms with Crippen LogP contribution in [-0.2, 0) is 16.0 Å². The fraction of sp³-hybridized carbons (Fsp3) is 0.500. The van der Waals surface area contributed by atoms with Crippen LogP contribution in [0.4, 0.5) is 10.5 Å². The summed E-state index contributed by atoms with van der Waals surface area (Å²) in [4.78, 5) is 43.2. The van der Waals surface area contributed by atoms with Gasteiger partial charge in [0, 0.05) is 12.3 Å². The van der Waals surface area contributed by atoms with Gasteiger partial charge < -0.3 is 0 Å². The minimum absolute atomic E-state index is 0.0758. The minimum Gasteiger partial charge on any atom is -0.277 e. The standard InChI is InChI=1S/C20H23N3O3/c1-2-13-5-3-4-6-16(13)21-11-15-18(24)22-20(26)23(19(15)25)17-10-12-7-8-14(17)9-12/h3-6,11-12,14-15,17H,2,7-10H2,1H3,(H,22,24,26)/t12-,14-,15-,17+/m0/s1. The largest absolute Gasteiger partial charge is 0.331 e. The molecule has 1 saturated heterocycles. The summed E-state index contributed by atoms with van der Waals surface area (Å²) < 4.78 is 0. The molecule has 2 saturated carbocycles. The number of para-hydroxylation sites is 1. The maximum Gasteiger partial charge on any atom is 0.331 e. The lowest BCUT2D eigenvalue weighted by molar-refractivity contribution is -0.141. The lowest BCUT2D eigenvalue weighted by Crippen LogP contribution is -2.62. The van der Waals surface area contributed by atoms with Crippen molar-refractivity contribution in [2.45, 2.75) is 45.1 Å². The van der Waals surface area contributed by atoms with Gasteiger partial charge in [0.05, 0.1) is 5.69 Å². The third-order valence-corrected chi connectivity index (χ3v) is 6.00. The molecule has 4 amide bonds. The molecule has 4 rings (SSSR count). The highest BCUT2D eigenvalue weighted by Gasteiger charge is 2.50. The van der Waals surface area contributed by atoms with Gasteiger partial charge in [-0.2, -0.15) is 0 Å². The number of aryl methyl sites for hydroxylation is 1. The average molecular weight is 353 g/mol. The van der Waals surface area contributed by atoms with Gasteiger partial charge in [-0.3, -0.25) is 24.8 Å². The number of nitrogens with one attached hydrogen (secondary N) is 1. The number of fused-ring (bicyclic) bond motifs is 2. The fourth-order valence-corrected chi connectivity index (χ4v) is 4.67. The van der Waals surface area contributed by atoms with Crippen LogP contribution in [0.25, 0.3) is 0 Å². The summed E-state index contributed by atoms with van der Waals surface area (Å²) >= 11 is 0. The molecule has 0 radical (unpaired) electrons. The van der Waals surface area contributed by atoms with Crippen molar-refractivity contribution in [3.05, 3.63) is 29.8 Å². The number of aliphatic imine (C=N–C) groups is 1. The molecular weight excluding hydrogens is 330 g/mol. The molecule has 1 N–H and O–H groups in total. The molecule has 3 fully saturated rings. The number of carbonyl (C=O) groups is 3. The van der Waals surface area contributed by atoms with Crippen LogP contribution in [0, 0.1) is 17.8 Å². The number of imide groups is 2. The van der Waals surface area contributed by atoms with Gasteiger partial charge in [-0.05, 0) is 49.1 Å². The Hall–Kier alpha value is -2.50. The molecule has 6 nitrogen and oxygen atoms in total. The van der Waals surface area contributed by atoms with Crippen molar-refractivity contribution in [2.75, 3.05) is 0 Å². The Morgan fingerprint density at radius 3 is 2.69 bits per heavy atom. The normalized spacial score (nSPS) is 31.1. The van der Waals surface area contributed by atoms with E-state index in [0.717, 1.165) is 36.9 Å². The highest BCUT2D eigenvalue weighted by atomic mass is 16.2. The summed E-state index contributed by atoms with van der Waals surface area (Å²) in [6, 6.07) is 7.00. The predicted octanol–water partition coefficient (Wildman–Crippen LogP) is 2.83. The van der Waals surface area contributed by atoms with Gasteiger partial charge in [-0.25, -0.2) is 4.79 Å². The molecule has 1 heterocycles. The van der Waals surface area contributed by atoms with E-state index in [2.05, 4.69) is 10.3 Å². The number of nitrogens with zero attached hydrogens (tertiary/aromatic N) is 2. The number of rotatable bonds is 4. The lowest BCUT2D eigenvalue weighted by Gasteiger charge is -2.36. The van der Waals surface area contributed by atoms with Crippen LogP contribution in [0.1, 0.15) is 38.2 Å². The van der Waals surface area contributed by atoms with E-state index in [1.165, 1.54) is 17.5 Å². The highest BCUT2D eigenvalue weighted by Crippen LogP contribution is 2.47. The molecular formula is C20H23N3O3. The number of carbonyl (C=O) groups excluding carboxylic acids is 3. The zero-order valence-electron chi connectivity index (χ0n) is 14.9. The molecule has 1 aromatic rings. The van der Waals surface area contributed by atoms with Crippen molar-refractivity contribution in [3.8, 4) is 0 Å². The third kappa shape index (κ3) is 2.83. The van der Waals surface area contributed by atoms with Crippen LogP contribution in [-0.4, -0.2) is 35.0 Å². The van der Waals surface area contributed by atoms with Gasteiger partial charge in [0.15, 0.2) is 5.92 Å². The van der Waals surface area contributed by atoms with Crippen LogP contribution in [0.2, 0.25) is 0 Å². The van der Waals surface area contributed by atoms with E-state index in [1.54, 1.807) is 0 Å². The third-order valence-electron chi connectivity index (χ3n) is 6.00. The van der Waals surface area contributed by atoms with Gasteiger partial charge in [-0.1, -0.05) is 31.5 Å². The van der Waals surface area contributed by atoms with E-state index in [1.807, 2.05) is 31.2 Å². The summed E-state index contributed by atoms with van der Waals surface area (Å²) in [5, 5.41) is 2.35. The van der Waals surface area contributed by atoms with Crippen LogP contribution >= 0.6 is 0 Å². The number of benzene rings is 1. The Balaban J connectivity index is 1.57. The molecule has 6 heteroatoms. The van der Waals surface area contributed by atoms with Crippen molar-refractivity contribution in [1.82, 2.24) is 10.2 Å².